The molecule has 0 atom stereocenters. The third-order valence-corrected chi connectivity index (χ3v) is 8.81. The predicted molar refractivity (Wildman–Crippen MR) is 186 cm³/mol. The van der Waals surface area contributed by atoms with Crippen LogP contribution in [0.2, 0.25) is 0 Å². The lowest BCUT2D eigenvalue weighted by atomic mass is 9.95. The van der Waals surface area contributed by atoms with Gasteiger partial charge in [0, 0.05) is 27.5 Å². The van der Waals surface area contributed by atoms with Gasteiger partial charge in [0.25, 0.3) is 0 Å². The van der Waals surface area contributed by atoms with Crippen LogP contribution in [0.15, 0.2) is 168 Å². The van der Waals surface area contributed by atoms with Gasteiger partial charge in [-0.1, -0.05) is 115 Å². The molecule has 0 unspecified atom stereocenters. The molecule has 0 saturated carbocycles. The van der Waals surface area contributed by atoms with Gasteiger partial charge in [-0.25, -0.2) is 0 Å². The molecule has 1 heterocycles. The Hall–Kier alpha value is -5.86. The van der Waals surface area contributed by atoms with Gasteiger partial charge in [0.05, 0.1) is 5.69 Å². The van der Waals surface area contributed by atoms with Crippen LogP contribution >= 0.6 is 0 Å². The van der Waals surface area contributed by atoms with Crippen molar-refractivity contribution in [2.45, 2.75) is 0 Å². The molecule has 1 aromatic heterocycles. The molecule has 44 heavy (non-hydrogen) atoms. The van der Waals surface area contributed by atoms with Crippen LogP contribution in [0.25, 0.3) is 65.4 Å². The van der Waals surface area contributed by atoms with Crippen molar-refractivity contribution in [3.63, 3.8) is 0 Å². The first-order valence-corrected chi connectivity index (χ1v) is 15.0. The molecule has 0 saturated heterocycles. The first kappa shape index (κ1) is 24.7. The highest BCUT2D eigenvalue weighted by molar-refractivity contribution is 6.15. The van der Waals surface area contributed by atoms with Gasteiger partial charge < -0.3 is 9.32 Å². The Morgan fingerprint density at radius 3 is 1.98 bits per heavy atom. The monoisotopic (exact) mass is 561 g/mol. The molecule has 206 valence electrons. The van der Waals surface area contributed by atoms with Gasteiger partial charge in [-0.15, -0.1) is 0 Å². The average Bonchev–Trinajstić information content (AvgIpc) is 3.47. The van der Waals surface area contributed by atoms with Crippen LogP contribution in [0.1, 0.15) is 0 Å². The Labute approximate surface area is 255 Å². The molecule has 2 nitrogen and oxygen atoms in total. The maximum Gasteiger partial charge on any atom is 0.136 e. The Morgan fingerprint density at radius 1 is 0.386 bits per heavy atom. The van der Waals surface area contributed by atoms with E-state index in [1.165, 1.54) is 43.4 Å². The molecule has 9 aromatic rings. The molecule has 0 aliphatic rings. The Balaban J connectivity index is 1.27. The lowest BCUT2D eigenvalue weighted by Crippen LogP contribution is -2.10. The van der Waals surface area contributed by atoms with Crippen molar-refractivity contribution in [2.75, 3.05) is 4.90 Å². The Bertz CT molecular complexity index is 2500. The van der Waals surface area contributed by atoms with Crippen molar-refractivity contribution < 1.29 is 4.42 Å². The Kier molecular flexibility index (Phi) is 5.54. The summed E-state index contributed by atoms with van der Waals surface area (Å²) in [5, 5.41) is 9.71. The normalized spacial score (nSPS) is 11.6. The van der Waals surface area contributed by atoms with Crippen LogP contribution in [-0.2, 0) is 0 Å². The number of hydrogen-bond acceptors (Lipinski definition) is 2. The van der Waals surface area contributed by atoms with Crippen molar-refractivity contribution in [1.29, 1.82) is 0 Å². The van der Waals surface area contributed by atoms with E-state index in [0.29, 0.717) is 0 Å². The van der Waals surface area contributed by atoms with Crippen LogP contribution in [0, 0.1) is 0 Å². The molecular formula is C42H27NO. The van der Waals surface area contributed by atoms with E-state index < -0.39 is 0 Å². The van der Waals surface area contributed by atoms with Crippen LogP contribution < -0.4 is 4.90 Å². The molecule has 0 N–H and O–H groups in total. The molecule has 0 fully saturated rings. The highest BCUT2D eigenvalue weighted by atomic mass is 16.3. The van der Waals surface area contributed by atoms with E-state index in [2.05, 4.69) is 169 Å². The fraction of sp³-hybridized carbons (Fsp3) is 0. The minimum Gasteiger partial charge on any atom is -0.456 e. The lowest BCUT2D eigenvalue weighted by Gasteiger charge is -2.27. The summed E-state index contributed by atoms with van der Waals surface area (Å²) in [6.45, 7) is 0. The lowest BCUT2D eigenvalue weighted by molar-refractivity contribution is 0.669. The zero-order valence-corrected chi connectivity index (χ0v) is 23.9. The zero-order valence-electron chi connectivity index (χ0n) is 23.9. The van der Waals surface area contributed by atoms with Crippen LogP contribution in [-0.4, -0.2) is 0 Å². The topological polar surface area (TPSA) is 16.4 Å². The summed E-state index contributed by atoms with van der Waals surface area (Å²) in [7, 11) is 0. The number of rotatable bonds is 4. The van der Waals surface area contributed by atoms with Crippen LogP contribution in [0.4, 0.5) is 17.1 Å². The van der Waals surface area contributed by atoms with Gasteiger partial charge in [0.1, 0.15) is 11.2 Å². The number of furan rings is 1. The number of nitrogens with zero attached hydrogens (tertiary/aromatic N) is 1. The molecule has 0 amide bonds. The van der Waals surface area contributed by atoms with Gasteiger partial charge in [-0.3, -0.25) is 0 Å². The standard InChI is InChI=1S/C42H27NO/c1-2-13-32(14-3-1)43(39-18-8-12-28-10-5-7-16-36(28)39)33-23-25-40-38(27-33)42-37(17-9-19-41(42)44-40)31-22-24-35-30(26-31)21-20-29-11-4-6-15-34(29)35/h1-27H. The largest absolute Gasteiger partial charge is 0.456 e. The number of fused-ring (bicyclic) bond motifs is 7. The van der Waals surface area contributed by atoms with Crippen LogP contribution in [0.3, 0.4) is 0 Å². The number of benzene rings is 8. The first-order chi connectivity index (χ1) is 21.8. The molecule has 8 aromatic carbocycles. The van der Waals surface area contributed by atoms with E-state index >= 15 is 0 Å². The smallest absolute Gasteiger partial charge is 0.136 e. The first-order valence-electron chi connectivity index (χ1n) is 15.0. The fourth-order valence-corrected chi connectivity index (χ4v) is 6.78. The number of anilines is 3. The fourth-order valence-electron chi connectivity index (χ4n) is 6.78. The van der Waals surface area contributed by atoms with Crippen molar-refractivity contribution >= 4 is 71.3 Å². The summed E-state index contributed by atoms with van der Waals surface area (Å²) in [5.41, 5.74) is 7.47. The summed E-state index contributed by atoms with van der Waals surface area (Å²) in [5.74, 6) is 0. The van der Waals surface area contributed by atoms with E-state index in [4.69, 9.17) is 4.42 Å². The maximum atomic E-state index is 6.46. The maximum absolute atomic E-state index is 6.46. The molecule has 0 radical (unpaired) electrons. The minimum atomic E-state index is 0.883. The van der Waals surface area contributed by atoms with E-state index in [1.54, 1.807) is 0 Å². The molecule has 0 aliphatic carbocycles. The quantitative estimate of drug-likeness (QED) is 0.199. The summed E-state index contributed by atoms with van der Waals surface area (Å²) in [6, 6.07) is 58.5. The van der Waals surface area contributed by atoms with E-state index in [9.17, 15) is 0 Å². The Morgan fingerprint density at radius 2 is 1.09 bits per heavy atom. The van der Waals surface area contributed by atoms with Gasteiger partial charge in [0.15, 0.2) is 0 Å². The SMILES string of the molecule is c1ccc(N(c2ccc3oc4cccc(-c5ccc6c(ccc7ccccc76)c5)c4c3c2)c2cccc3ccccc23)cc1. The van der Waals surface area contributed by atoms with Crippen LogP contribution in [0.5, 0.6) is 0 Å². The second kappa shape index (κ2) is 9.86. The van der Waals surface area contributed by atoms with Gasteiger partial charge >= 0.3 is 0 Å². The van der Waals surface area contributed by atoms with E-state index in [1.807, 2.05) is 0 Å². The summed E-state index contributed by atoms with van der Waals surface area (Å²) in [4.78, 5) is 2.35. The molecule has 2 heteroatoms. The summed E-state index contributed by atoms with van der Waals surface area (Å²) >= 11 is 0. The molecular weight excluding hydrogens is 534 g/mol. The summed E-state index contributed by atoms with van der Waals surface area (Å²) in [6.07, 6.45) is 0. The molecule has 0 spiro atoms. The minimum absolute atomic E-state index is 0.883. The van der Waals surface area contributed by atoms with Gasteiger partial charge in [-0.2, -0.15) is 0 Å². The van der Waals surface area contributed by atoms with Crippen molar-refractivity contribution in [1.82, 2.24) is 0 Å². The second-order valence-corrected chi connectivity index (χ2v) is 11.4. The molecule has 9 rings (SSSR count). The molecule has 0 bridgehead atoms. The number of hydrogen-bond donors (Lipinski definition) is 0. The van der Waals surface area contributed by atoms with Crippen molar-refractivity contribution in [3.05, 3.63) is 164 Å². The summed E-state index contributed by atoms with van der Waals surface area (Å²) < 4.78 is 6.46. The predicted octanol–water partition coefficient (Wildman–Crippen LogP) is 12.2. The highest BCUT2D eigenvalue weighted by Crippen LogP contribution is 2.43. The van der Waals surface area contributed by atoms with Crippen molar-refractivity contribution in [3.8, 4) is 11.1 Å². The third kappa shape index (κ3) is 3.89. The zero-order chi connectivity index (χ0) is 29.0. The highest BCUT2D eigenvalue weighted by Gasteiger charge is 2.19. The van der Waals surface area contributed by atoms with Crippen molar-refractivity contribution in [2.24, 2.45) is 0 Å². The molecule has 0 aliphatic heterocycles. The van der Waals surface area contributed by atoms with Gasteiger partial charge in [-0.05, 0) is 86.6 Å². The van der Waals surface area contributed by atoms with Gasteiger partial charge in [0.2, 0.25) is 0 Å². The van der Waals surface area contributed by atoms with E-state index in [0.717, 1.165) is 39.0 Å². The third-order valence-electron chi connectivity index (χ3n) is 8.81. The van der Waals surface area contributed by atoms with E-state index in [-0.39, 0.29) is 0 Å². The average molecular weight is 562 g/mol. The number of para-hydroxylation sites is 1. The second-order valence-electron chi connectivity index (χ2n) is 11.4.